The molecule has 1 fully saturated rings. The van der Waals surface area contributed by atoms with Crippen molar-refractivity contribution < 1.29 is 13.2 Å². The lowest BCUT2D eigenvalue weighted by Gasteiger charge is -2.39. The number of hydrogen-bond acceptors (Lipinski definition) is 4. The van der Waals surface area contributed by atoms with E-state index in [2.05, 4.69) is 17.0 Å². The number of ether oxygens (including phenoxy) is 1. The Morgan fingerprint density at radius 1 is 0.926 bits per heavy atom. The van der Waals surface area contributed by atoms with E-state index in [-0.39, 0.29) is 6.04 Å². The first-order valence-electron chi connectivity index (χ1n) is 9.13. The maximum Gasteiger partial charge on any atom is 0.281 e. The van der Waals surface area contributed by atoms with Gasteiger partial charge in [-0.15, -0.1) is 0 Å². The molecule has 3 rings (SSSR count). The largest absolute Gasteiger partial charge is 0.492 e. The van der Waals surface area contributed by atoms with Crippen molar-refractivity contribution in [2.75, 3.05) is 46.9 Å². The van der Waals surface area contributed by atoms with E-state index in [1.54, 1.807) is 18.4 Å². The predicted octanol–water partition coefficient (Wildman–Crippen LogP) is 2.23. The van der Waals surface area contributed by atoms with Crippen molar-refractivity contribution in [3.05, 3.63) is 66.2 Å². The molecule has 1 saturated heterocycles. The van der Waals surface area contributed by atoms with E-state index >= 15 is 0 Å². The Morgan fingerprint density at radius 3 is 2.04 bits per heavy atom. The van der Waals surface area contributed by atoms with Crippen LogP contribution in [0.1, 0.15) is 11.6 Å². The van der Waals surface area contributed by atoms with Crippen molar-refractivity contribution in [2.45, 2.75) is 6.04 Å². The predicted molar refractivity (Wildman–Crippen MR) is 107 cm³/mol. The van der Waals surface area contributed by atoms with Crippen molar-refractivity contribution in [1.82, 2.24) is 13.5 Å². The molecule has 0 saturated carbocycles. The second-order valence-corrected chi connectivity index (χ2v) is 8.92. The van der Waals surface area contributed by atoms with E-state index in [0.717, 1.165) is 5.75 Å². The summed E-state index contributed by atoms with van der Waals surface area (Å²) in [4.78, 5) is 2.31. The lowest BCUT2D eigenvalue weighted by atomic mass is 10.1. The van der Waals surface area contributed by atoms with E-state index in [9.17, 15) is 8.42 Å². The molecule has 0 aromatic heterocycles. The highest BCUT2D eigenvalue weighted by Gasteiger charge is 2.31. The minimum atomic E-state index is -3.36. The first-order valence-corrected chi connectivity index (χ1v) is 10.5. The fourth-order valence-corrected chi connectivity index (χ4v) is 4.34. The van der Waals surface area contributed by atoms with Gasteiger partial charge in [-0.05, 0) is 17.7 Å². The van der Waals surface area contributed by atoms with Crippen LogP contribution < -0.4 is 4.74 Å². The molecule has 2 aromatic rings. The molecule has 2 aromatic carbocycles. The molecule has 27 heavy (non-hydrogen) atoms. The summed E-state index contributed by atoms with van der Waals surface area (Å²) in [6.45, 7) is 2.83. The third kappa shape index (κ3) is 4.87. The van der Waals surface area contributed by atoms with E-state index in [1.807, 2.05) is 48.5 Å². The molecule has 0 spiro atoms. The molecule has 7 heteroatoms. The zero-order valence-electron chi connectivity index (χ0n) is 15.9. The summed E-state index contributed by atoms with van der Waals surface area (Å²) in [6.07, 6.45) is 0. The molecule has 1 unspecified atom stereocenters. The van der Waals surface area contributed by atoms with Crippen LogP contribution in [-0.4, -0.2) is 68.8 Å². The highest BCUT2D eigenvalue weighted by molar-refractivity contribution is 7.86. The fourth-order valence-electron chi connectivity index (χ4n) is 3.26. The van der Waals surface area contributed by atoms with Crippen molar-refractivity contribution in [1.29, 1.82) is 0 Å². The Kier molecular flexibility index (Phi) is 6.49. The summed E-state index contributed by atoms with van der Waals surface area (Å²) >= 11 is 0. The Balaban J connectivity index is 1.70. The van der Waals surface area contributed by atoms with E-state index < -0.39 is 10.2 Å². The minimum Gasteiger partial charge on any atom is -0.492 e. The monoisotopic (exact) mass is 389 g/mol. The highest BCUT2D eigenvalue weighted by atomic mass is 32.2. The van der Waals surface area contributed by atoms with Gasteiger partial charge in [0.1, 0.15) is 12.4 Å². The third-order valence-corrected chi connectivity index (χ3v) is 6.78. The highest BCUT2D eigenvalue weighted by Crippen LogP contribution is 2.24. The minimum absolute atomic E-state index is 0.0793. The smallest absolute Gasteiger partial charge is 0.281 e. The third-order valence-electron chi connectivity index (χ3n) is 4.84. The first kappa shape index (κ1) is 19.8. The van der Waals surface area contributed by atoms with Gasteiger partial charge >= 0.3 is 0 Å². The molecular weight excluding hydrogens is 362 g/mol. The summed E-state index contributed by atoms with van der Waals surface area (Å²) < 4.78 is 33.5. The van der Waals surface area contributed by atoms with Gasteiger partial charge in [0.05, 0.1) is 6.04 Å². The van der Waals surface area contributed by atoms with Gasteiger partial charge in [-0.3, -0.25) is 4.90 Å². The van der Waals surface area contributed by atoms with Crippen molar-refractivity contribution >= 4 is 10.2 Å². The van der Waals surface area contributed by atoms with Crippen LogP contribution in [0.3, 0.4) is 0 Å². The van der Waals surface area contributed by atoms with Gasteiger partial charge in [-0.1, -0.05) is 48.5 Å². The summed E-state index contributed by atoms with van der Waals surface area (Å²) in [5.74, 6) is 0.840. The van der Waals surface area contributed by atoms with E-state index in [1.165, 1.54) is 9.87 Å². The average molecular weight is 390 g/mol. The molecule has 146 valence electrons. The van der Waals surface area contributed by atoms with Gasteiger partial charge in [0, 0.05) is 40.3 Å². The average Bonchev–Trinajstić information content (AvgIpc) is 2.70. The lowest BCUT2D eigenvalue weighted by molar-refractivity contribution is 0.0969. The molecule has 0 amide bonds. The van der Waals surface area contributed by atoms with Gasteiger partial charge in [0.2, 0.25) is 0 Å². The number of benzene rings is 2. The first-order chi connectivity index (χ1) is 13.0. The normalized spacial score (nSPS) is 17.7. The molecular formula is C20H27N3O3S. The molecule has 0 radical (unpaired) electrons. The topological polar surface area (TPSA) is 53.1 Å². The number of rotatable bonds is 7. The Labute approximate surface area is 162 Å². The number of para-hydroxylation sites is 1. The van der Waals surface area contributed by atoms with Crippen LogP contribution in [0.4, 0.5) is 0 Å². The summed E-state index contributed by atoms with van der Waals surface area (Å²) in [6, 6.07) is 20.1. The summed E-state index contributed by atoms with van der Waals surface area (Å²) in [7, 11) is -0.217. The van der Waals surface area contributed by atoms with Gasteiger partial charge < -0.3 is 4.74 Å². The van der Waals surface area contributed by atoms with Gasteiger partial charge in [-0.25, -0.2) is 0 Å². The molecule has 1 aliphatic heterocycles. The van der Waals surface area contributed by atoms with Crippen LogP contribution in [0.25, 0.3) is 0 Å². The molecule has 6 nitrogen and oxygen atoms in total. The van der Waals surface area contributed by atoms with Crippen LogP contribution in [0.2, 0.25) is 0 Å². The van der Waals surface area contributed by atoms with Gasteiger partial charge in [-0.2, -0.15) is 17.0 Å². The fraction of sp³-hybridized carbons (Fsp3) is 0.400. The lowest BCUT2D eigenvalue weighted by Crippen LogP contribution is -2.52. The molecule has 0 bridgehead atoms. The number of hydrogen-bond donors (Lipinski definition) is 0. The number of nitrogens with zero attached hydrogens (tertiary/aromatic N) is 3. The summed E-state index contributed by atoms with van der Waals surface area (Å²) in [5.41, 5.74) is 1.18. The van der Waals surface area contributed by atoms with Crippen molar-refractivity contribution in [3.63, 3.8) is 0 Å². The molecule has 1 aliphatic rings. The standard InChI is InChI=1S/C20H27N3O3S/c1-21(2)27(24,25)23-15-13-22(14-16-23)20(18-9-5-3-6-10-18)17-26-19-11-7-4-8-12-19/h3-12,20H,13-17H2,1-2H3. The molecule has 1 atom stereocenters. The van der Waals surface area contributed by atoms with Crippen molar-refractivity contribution in [2.24, 2.45) is 0 Å². The second kappa shape index (κ2) is 8.84. The second-order valence-electron chi connectivity index (χ2n) is 6.78. The Hall–Kier alpha value is -1.93. The Morgan fingerprint density at radius 2 is 1.48 bits per heavy atom. The van der Waals surface area contributed by atoms with Crippen LogP contribution >= 0.6 is 0 Å². The van der Waals surface area contributed by atoms with Crippen molar-refractivity contribution in [3.8, 4) is 5.75 Å². The van der Waals surface area contributed by atoms with Gasteiger partial charge in [0.25, 0.3) is 10.2 Å². The zero-order chi connectivity index (χ0) is 19.3. The quantitative estimate of drug-likeness (QED) is 0.729. The van der Waals surface area contributed by atoms with E-state index in [0.29, 0.717) is 32.8 Å². The maximum atomic E-state index is 12.4. The van der Waals surface area contributed by atoms with E-state index in [4.69, 9.17) is 4.74 Å². The maximum absolute atomic E-state index is 12.4. The Bertz CT molecular complexity index is 805. The molecule has 1 heterocycles. The molecule has 0 N–H and O–H groups in total. The van der Waals surface area contributed by atoms with Crippen LogP contribution in [-0.2, 0) is 10.2 Å². The van der Waals surface area contributed by atoms with Crippen LogP contribution in [0, 0.1) is 0 Å². The zero-order valence-corrected chi connectivity index (χ0v) is 16.7. The van der Waals surface area contributed by atoms with Crippen LogP contribution in [0.15, 0.2) is 60.7 Å². The molecule has 0 aliphatic carbocycles. The van der Waals surface area contributed by atoms with Gasteiger partial charge in [0.15, 0.2) is 0 Å². The van der Waals surface area contributed by atoms with Crippen LogP contribution in [0.5, 0.6) is 5.75 Å². The summed E-state index contributed by atoms with van der Waals surface area (Å²) in [5, 5.41) is 0. The number of piperazine rings is 1. The SMILES string of the molecule is CN(C)S(=O)(=O)N1CCN(C(COc2ccccc2)c2ccccc2)CC1.